The van der Waals surface area contributed by atoms with Gasteiger partial charge in [-0.05, 0) is 44.9 Å². The molecule has 23 heavy (non-hydrogen) atoms. The zero-order valence-electron chi connectivity index (χ0n) is 14.8. The molecule has 0 bridgehead atoms. The van der Waals surface area contributed by atoms with Gasteiger partial charge in [-0.15, -0.1) is 0 Å². The van der Waals surface area contributed by atoms with E-state index in [1.807, 2.05) is 19.9 Å². The van der Waals surface area contributed by atoms with Crippen LogP contribution in [0.2, 0.25) is 0 Å². The SMILES string of the molecule is C=C(N=C(OC)C(C=C(C)C)=NC)c1ccc(C(C)(C)F)cc1. The number of nitrogens with zero attached hydrogens (tertiary/aromatic N) is 2. The second kappa shape index (κ2) is 7.86. The molecule has 1 aromatic rings. The van der Waals surface area contributed by atoms with Gasteiger partial charge in [0, 0.05) is 7.05 Å². The topological polar surface area (TPSA) is 34.0 Å². The van der Waals surface area contributed by atoms with Crippen LogP contribution in [-0.2, 0) is 10.4 Å². The monoisotopic (exact) mass is 316 g/mol. The Hall–Kier alpha value is -2.23. The van der Waals surface area contributed by atoms with Gasteiger partial charge in [-0.1, -0.05) is 36.4 Å². The first-order valence-electron chi connectivity index (χ1n) is 7.42. The highest BCUT2D eigenvalue weighted by Crippen LogP contribution is 2.26. The maximum atomic E-state index is 13.9. The molecule has 124 valence electrons. The van der Waals surface area contributed by atoms with Gasteiger partial charge in [-0.25, -0.2) is 9.38 Å². The quantitative estimate of drug-likeness (QED) is 0.559. The van der Waals surface area contributed by atoms with Crippen LogP contribution in [0.4, 0.5) is 4.39 Å². The minimum absolute atomic E-state index is 0.397. The molecule has 0 aromatic heterocycles. The summed E-state index contributed by atoms with van der Waals surface area (Å²) in [5.74, 6) is 0.397. The van der Waals surface area contributed by atoms with Crippen molar-refractivity contribution in [2.45, 2.75) is 33.4 Å². The smallest absolute Gasteiger partial charge is 0.239 e. The van der Waals surface area contributed by atoms with Crippen molar-refractivity contribution in [1.82, 2.24) is 0 Å². The maximum Gasteiger partial charge on any atom is 0.239 e. The summed E-state index contributed by atoms with van der Waals surface area (Å²) < 4.78 is 19.2. The Balaban J connectivity index is 3.10. The molecule has 0 aliphatic carbocycles. The molecule has 0 amide bonds. The Morgan fingerprint density at radius 3 is 2.17 bits per heavy atom. The fourth-order valence-corrected chi connectivity index (χ4v) is 1.95. The van der Waals surface area contributed by atoms with Crippen LogP contribution in [0.5, 0.6) is 0 Å². The van der Waals surface area contributed by atoms with E-state index in [1.165, 1.54) is 13.8 Å². The van der Waals surface area contributed by atoms with E-state index >= 15 is 0 Å². The molecule has 0 atom stereocenters. The van der Waals surface area contributed by atoms with Crippen molar-refractivity contribution in [2.24, 2.45) is 9.98 Å². The van der Waals surface area contributed by atoms with Crippen molar-refractivity contribution in [1.29, 1.82) is 0 Å². The summed E-state index contributed by atoms with van der Waals surface area (Å²) in [7, 11) is 3.23. The van der Waals surface area contributed by atoms with Crippen LogP contribution < -0.4 is 0 Å². The van der Waals surface area contributed by atoms with Crippen molar-refractivity contribution >= 4 is 17.3 Å². The first-order chi connectivity index (χ1) is 10.7. The number of hydrogen-bond donors (Lipinski definition) is 0. The van der Waals surface area contributed by atoms with Crippen LogP contribution in [0.3, 0.4) is 0 Å². The molecule has 3 nitrogen and oxygen atoms in total. The summed E-state index contributed by atoms with van der Waals surface area (Å²) in [6, 6.07) is 7.10. The number of allylic oxidation sites excluding steroid dienone is 1. The van der Waals surface area contributed by atoms with Crippen LogP contribution in [-0.4, -0.2) is 25.8 Å². The largest absolute Gasteiger partial charge is 0.479 e. The minimum atomic E-state index is -1.37. The van der Waals surface area contributed by atoms with Gasteiger partial charge in [0.15, 0.2) is 0 Å². The summed E-state index contributed by atoms with van der Waals surface area (Å²) in [5, 5.41) is 0. The van der Waals surface area contributed by atoms with Crippen LogP contribution in [0.1, 0.15) is 38.8 Å². The first kappa shape index (κ1) is 18.8. The van der Waals surface area contributed by atoms with E-state index in [0.29, 0.717) is 22.9 Å². The van der Waals surface area contributed by atoms with Gasteiger partial charge >= 0.3 is 0 Å². The van der Waals surface area contributed by atoms with E-state index in [-0.39, 0.29) is 0 Å². The molecular formula is C19H25FN2O. The summed E-state index contributed by atoms with van der Waals surface area (Å²) in [5.41, 5.74) is 2.33. The van der Waals surface area contributed by atoms with Crippen molar-refractivity contribution in [2.75, 3.05) is 14.2 Å². The van der Waals surface area contributed by atoms with Crippen molar-refractivity contribution < 1.29 is 9.13 Å². The summed E-state index contributed by atoms with van der Waals surface area (Å²) >= 11 is 0. The number of alkyl halides is 1. The Labute approximate surface area is 138 Å². The van der Waals surface area contributed by atoms with E-state index in [4.69, 9.17) is 4.74 Å². The van der Waals surface area contributed by atoms with Gasteiger partial charge in [0.05, 0.1) is 12.8 Å². The molecule has 0 saturated carbocycles. The Kier molecular flexibility index (Phi) is 6.43. The molecule has 0 saturated heterocycles. The van der Waals surface area contributed by atoms with Crippen molar-refractivity contribution in [3.63, 3.8) is 0 Å². The number of methoxy groups -OCH3 is 1. The fourth-order valence-electron chi connectivity index (χ4n) is 1.95. The van der Waals surface area contributed by atoms with Gasteiger partial charge in [0.1, 0.15) is 11.4 Å². The Morgan fingerprint density at radius 1 is 1.22 bits per heavy atom. The number of hydrogen-bond acceptors (Lipinski definition) is 3. The van der Waals surface area contributed by atoms with E-state index in [1.54, 1.807) is 38.4 Å². The fraction of sp³-hybridized carbons (Fsp3) is 0.368. The predicted molar refractivity (Wildman–Crippen MR) is 96.8 cm³/mol. The highest BCUT2D eigenvalue weighted by Gasteiger charge is 2.18. The third-order valence-electron chi connectivity index (χ3n) is 3.22. The molecule has 0 heterocycles. The number of benzene rings is 1. The first-order valence-corrected chi connectivity index (χ1v) is 7.42. The molecule has 0 spiro atoms. The Morgan fingerprint density at radius 2 is 1.78 bits per heavy atom. The molecule has 1 aromatic carbocycles. The lowest BCUT2D eigenvalue weighted by molar-refractivity contribution is 0.221. The zero-order valence-corrected chi connectivity index (χ0v) is 14.8. The highest BCUT2D eigenvalue weighted by molar-refractivity contribution is 6.44. The van der Waals surface area contributed by atoms with Gasteiger partial charge < -0.3 is 4.74 Å². The third kappa shape index (κ3) is 5.47. The molecule has 1 rings (SSSR count). The lowest BCUT2D eigenvalue weighted by Gasteiger charge is -2.15. The zero-order chi connectivity index (χ0) is 17.6. The van der Waals surface area contributed by atoms with Crippen LogP contribution >= 0.6 is 0 Å². The molecule has 0 unspecified atom stereocenters. The average molecular weight is 316 g/mol. The van der Waals surface area contributed by atoms with Crippen LogP contribution in [0.25, 0.3) is 5.70 Å². The van der Waals surface area contributed by atoms with Crippen molar-refractivity contribution in [3.8, 4) is 0 Å². The summed E-state index contributed by atoms with van der Waals surface area (Å²) in [6.45, 7) is 11.0. The van der Waals surface area contributed by atoms with E-state index in [2.05, 4.69) is 16.6 Å². The molecular weight excluding hydrogens is 291 g/mol. The van der Waals surface area contributed by atoms with E-state index < -0.39 is 5.67 Å². The summed E-state index contributed by atoms with van der Waals surface area (Å²) in [4.78, 5) is 8.60. The van der Waals surface area contributed by atoms with Gasteiger partial charge in [-0.3, -0.25) is 4.99 Å². The third-order valence-corrected chi connectivity index (χ3v) is 3.22. The average Bonchev–Trinajstić information content (AvgIpc) is 2.49. The molecule has 0 aliphatic heterocycles. The molecule has 0 fully saturated rings. The molecule has 0 aliphatic rings. The Bertz CT molecular complexity index is 643. The number of halogens is 1. The normalized spacial score (nSPS) is 12.8. The standard InChI is InChI=1S/C19H25FN2O/c1-13(2)12-17(21-6)18(23-7)22-14(3)15-8-10-16(11-9-15)19(4,5)20/h8-12H,3H2,1-2,4-7H3. The van der Waals surface area contributed by atoms with Gasteiger partial charge in [-0.2, -0.15) is 0 Å². The van der Waals surface area contributed by atoms with Crippen molar-refractivity contribution in [3.05, 3.63) is 53.6 Å². The van der Waals surface area contributed by atoms with Crippen LogP contribution in [0.15, 0.2) is 52.5 Å². The lowest BCUT2D eigenvalue weighted by atomic mass is 9.98. The minimum Gasteiger partial charge on any atom is -0.479 e. The lowest BCUT2D eigenvalue weighted by Crippen LogP contribution is -2.14. The molecule has 0 radical (unpaired) electrons. The van der Waals surface area contributed by atoms with Gasteiger partial charge in [0.2, 0.25) is 5.90 Å². The highest BCUT2D eigenvalue weighted by atomic mass is 19.1. The van der Waals surface area contributed by atoms with E-state index in [0.717, 1.165) is 11.1 Å². The number of ether oxygens (including phenoxy) is 1. The summed E-state index contributed by atoms with van der Waals surface area (Å²) in [6.07, 6.45) is 1.89. The van der Waals surface area contributed by atoms with Gasteiger partial charge in [0.25, 0.3) is 0 Å². The molecule has 0 N–H and O–H groups in total. The second-order valence-corrected chi connectivity index (χ2v) is 5.95. The number of aliphatic imine (C=N–C) groups is 2. The second-order valence-electron chi connectivity index (χ2n) is 5.95. The van der Waals surface area contributed by atoms with Crippen LogP contribution in [0, 0.1) is 0 Å². The molecule has 4 heteroatoms. The number of rotatable bonds is 5. The maximum absolute atomic E-state index is 13.9. The van der Waals surface area contributed by atoms with E-state index in [9.17, 15) is 4.39 Å². The predicted octanol–water partition coefficient (Wildman–Crippen LogP) is 4.94.